The molecule has 0 aliphatic rings. The lowest BCUT2D eigenvalue weighted by Crippen LogP contribution is -2.26. The van der Waals surface area contributed by atoms with E-state index < -0.39 is 17.9 Å². The lowest BCUT2D eigenvalue weighted by molar-refractivity contribution is -0.141. The van der Waals surface area contributed by atoms with Crippen LogP contribution in [0.5, 0.6) is 0 Å². The minimum absolute atomic E-state index is 0.0877. The van der Waals surface area contributed by atoms with Crippen LogP contribution in [0, 0.1) is 5.41 Å². The van der Waals surface area contributed by atoms with Crippen molar-refractivity contribution in [3.05, 3.63) is 29.3 Å². The van der Waals surface area contributed by atoms with Crippen molar-refractivity contribution in [2.24, 2.45) is 0 Å². The quantitative estimate of drug-likeness (QED) is 0.367. The predicted octanol–water partition coefficient (Wildman–Crippen LogP) is 0.936. The summed E-state index contributed by atoms with van der Waals surface area (Å²) >= 11 is 0. The minimum Gasteiger partial charge on any atom is -0.484 e. The van der Waals surface area contributed by atoms with Crippen molar-refractivity contribution in [1.82, 2.24) is 0 Å². The number of anilines is 1. The molecule has 0 fully saturated rings. The van der Waals surface area contributed by atoms with E-state index in [1.807, 2.05) is 0 Å². The van der Waals surface area contributed by atoms with Crippen molar-refractivity contribution >= 4 is 23.5 Å². The number of carbonyl (C=O) groups excluding carboxylic acids is 2. The zero-order valence-corrected chi connectivity index (χ0v) is 11.4. The molecule has 108 valence electrons. The van der Waals surface area contributed by atoms with Crippen LogP contribution in [0.1, 0.15) is 21.8 Å². The van der Waals surface area contributed by atoms with Crippen LogP contribution in [0.2, 0.25) is 0 Å². The molecule has 1 aromatic carbocycles. The topological polar surface area (TPSA) is 112 Å². The van der Waals surface area contributed by atoms with Crippen LogP contribution in [0.15, 0.2) is 18.2 Å². The molecule has 3 N–H and O–H groups in total. The van der Waals surface area contributed by atoms with Crippen molar-refractivity contribution in [3.63, 3.8) is 0 Å². The molecule has 1 rings (SSSR count). The summed E-state index contributed by atoms with van der Waals surface area (Å²) in [6.07, 6.45) is 0. The Morgan fingerprint density at radius 1 is 1.15 bits per heavy atom. The van der Waals surface area contributed by atoms with Crippen LogP contribution in [-0.2, 0) is 19.0 Å². The van der Waals surface area contributed by atoms with Crippen molar-refractivity contribution in [1.29, 1.82) is 5.41 Å². The number of hydrogen-bond donors (Lipinski definition) is 2. The average Bonchev–Trinajstić information content (AvgIpc) is 2.47. The summed E-state index contributed by atoms with van der Waals surface area (Å²) in [6.45, 7) is 0. The summed E-state index contributed by atoms with van der Waals surface area (Å²) in [7, 11) is 3.66. The van der Waals surface area contributed by atoms with Gasteiger partial charge in [0, 0.05) is 5.69 Å². The maximum atomic E-state index is 11.8. The van der Waals surface area contributed by atoms with E-state index in [0.29, 0.717) is 5.69 Å². The fourth-order valence-corrected chi connectivity index (χ4v) is 1.72. The van der Waals surface area contributed by atoms with E-state index in [1.165, 1.54) is 39.5 Å². The molecule has 0 spiro atoms. The first-order chi connectivity index (χ1) is 9.46. The van der Waals surface area contributed by atoms with Gasteiger partial charge in [-0.1, -0.05) is 6.07 Å². The molecule has 0 bridgehead atoms. The van der Waals surface area contributed by atoms with Crippen LogP contribution < -0.4 is 5.73 Å². The van der Waals surface area contributed by atoms with Gasteiger partial charge in [-0.05, 0) is 17.7 Å². The highest BCUT2D eigenvalue weighted by molar-refractivity contribution is 6.05. The van der Waals surface area contributed by atoms with Gasteiger partial charge in [-0.3, -0.25) is 10.2 Å². The van der Waals surface area contributed by atoms with E-state index in [4.69, 9.17) is 15.9 Å². The van der Waals surface area contributed by atoms with E-state index in [-0.39, 0.29) is 17.0 Å². The van der Waals surface area contributed by atoms with Gasteiger partial charge >= 0.3 is 11.9 Å². The number of carbonyl (C=O) groups is 2. The molecule has 1 aromatic rings. The Labute approximate surface area is 116 Å². The molecule has 7 heteroatoms. The SMILES string of the molecule is COC(=N)C(C(=O)OC)c1ccc(N)cc1C(=O)OC. The maximum absolute atomic E-state index is 11.8. The molecule has 20 heavy (non-hydrogen) atoms. The zero-order valence-electron chi connectivity index (χ0n) is 11.4. The number of nitrogens with one attached hydrogen (secondary N) is 1. The van der Waals surface area contributed by atoms with Gasteiger partial charge < -0.3 is 19.9 Å². The first-order valence-corrected chi connectivity index (χ1v) is 5.64. The van der Waals surface area contributed by atoms with Gasteiger partial charge in [0.05, 0.1) is 26.9 Å². The smallest absolute Gasteiger partial charge is 0.338 e. The van der Waals surface area contributed by atoms with E-state index >= 15 is 0 Å². The lowest BCUT2D eigenvalue weighted by atomic mass is 9.93. The Morgan fingerprint density at radius 2 is 1.80 bits per heavy atom. The third-order valence-corrected chi connectivity index (χ3v) is 2.71. The van der Waals surface area contributed by atoms with Crippen molar-refractivity contribution in [3.8, 4) is 0 Å². The fourth-order valence-electron chi connectivity index (χ4n) is 1.72. The fraction of sp³-hybridized carbons (Fsp3) is 0.308. The Morgan fingerprint density at radius 3 is 2.30 bits per heavy atom. The predicted molar refractivity (Wildman–Crippen MR) is 71.7 cm³/mol. The second-order valence-corrected chi connectivity index (χ2v) is 3.86. The molecule has 0 aliphatic heterocycles. The van der Waals surface area contributed by atoms with Crippen LogP contribution in [-0.4, -0.2) is 39.2 Å². The minimum atomic E-state index is -1.15. The van der Waals surface area contributed by atoms with Gasteiger partial charge in [-0.25, -0.2) is 4.79 Å². The highest BCUT2D eigenvalue weighted by Crippen LogP contribution is 2.26. The van der Waals surface area contributed by atoms with Crippen LogP contribution in [0.4, 0.5) is 5.69 Å². The van der Waals surface area contributed by atoms with Crippen molar-refractivity contribution in [2.45, 2.75) is 5.92 Å². The lowest BCUT2D eigenvalue weighted by Gasteiger charge is -2.18. The number of benzene rings is 1. The number of nitrogens with two attached hydrogens (primary N) is 1. The van der Waals surface area contributed by atoms with Crippen LogP contribution in [0.25, 0.3) is 0 Å². The molecule has 0 saturated heterocycles. The number of nitrogen functional groups attached to an aromatic ring is 1. The Kier molecular flexibility index (Phi) is 5.08. The third kappa shape index (κ3) is 3.05. The second kappa shape index (κ2) is 6.55. The number of rotatable bonds is 4. The van der Waals surface area contributed by atoms with Crippen LogP contribution in [0.3, 0.4) is 0 Å². The van der Waals surface area contributed by atoms with E-state index in [9.17, 15) is 9.59 Å². The standard InChI is InChI=1S/C13H16N2O5/c1-18-11(15)10(13(17)20-3)8-5-4-7(14)6-9(8)12(16)19-2/h4-6,10,15H,14H2,1-3H3. The molecule has 0 saturated carbocycles. The Balaban J connectivity index is 3.43. The van der Waals surface area contributed by atoms with E-state index in [2.05, 4.69) is 9.47 Å². The summed E-state index contributed by atoms with van der Waals surface area (Å²) in [5, 5.41) is 7.71. The van der Waals surface area contributed by atoms with Crippen LogP contribution >= 0.6 is 0 Å². The number of methoxy groups -OCH3 is 3. The third-order valence-electron chi connectivity index (χ3n) is 2.71. The summed E-state index contributed by atoms with van der Waals surface area (Å²) in [5.41, 5.74) is 6.29. The van der Waals surface area contributed by atoms with E-state index in [1.54, 1.807) is 0 Å². The first-order valence-electron chi connectivity index (χ1n) is 5.64. The van der Waals surface area contributed by atoms with Crippen molar-refractivity contribution < 1.29 is 23.8 Å². The van der Waals surface area contributed by atoms with Gasteiger partial charge in [-0.15, -0.1) is 0 Å². The Hall–Kier alpha value is -2.57. The van der Waals surface area contributed by atoms with E-state index in [0.717, 1.165) is 0 Å². The molecule has 0 aromatic heterocycles. The monoisotopic (exact) mass is 280 g/mol. The highest BCUT2D eigenvalue weighted by atomic mass is 16.5. The molecule has 1 unspecified atom stereocenters. The summed E-state index contributed by atoms with van der Waals surface area (Å²) in [5.74, 6) is -2.87. The molecular formula is C13H16N2O5. The van der Waals surface area contributed by atoms with Gasteiger partial charge in [-0.2, -0.15) is 0 Å². The Bertz CT molecular complexity index is 526. The van der Waals surface area contributed by atoms with Gasteiger partial charge in [0.1, 0.15) is 0 Å². The number of ether oxygens (including phenoxy) is 3. The molecule has 0 heterocycles. The summed E-state index contributed by atoms with van der Waals surface area (Å²) < 4.78 is 14.1. The molecule has 0 amide bonds. The molecule has 1 atom stereocenters. The number of hydrogen-bond acceptors (Lipinski definition) is 7. The number of esters is 2. The largest absolute Gasteiger partial charge is 0.484 e. The zero-order chi connectivity index (χ0) is 15.3. The molecule has 0 radical (unpaired) electrons. The van der Waals surface area contributed by atoms with Crippen molar-refractivity contribution in [2.75, 3.05) is 27.1 Å². The normalized spacial score (nSPS) is 11.3. The van der Waals surface area contributed by atoms with Gasteiger partial charge in [0.2, 0.25) is 0 Å². The first kappa shape index (κ1) is 15.5. The summed E-state index contributed by atoms with van der Waals surface area (Å²) in [4.78, 5) is 23.6. The summed E-state index contributed by atoms with van der Waals surface area (Å²) in [6, 6.07) is 4.36. The van der Waals surface area contributed by atoms with Gasteiger partial charge in [0.15, 0.2) is 11.8 Å². The molecular weight excluding hydrogens is 264 g/mol. The van der Waals surface area contributed by atoms with Gasteiger partial charge in [0.25, 0.3) is 0 Å². The molecule has 0 aliphatic carbocycles. The molecule has 7 nitrogen and oxygen atoms in total. The maximum Gasteiger partial charge on any atom is 0.338 e. The highest BCUT2D eigenvalue weighted by Gasteiger charge is 2.31. The second-order valence-electron chi connectivity index (χ2n) is 3.86. The average molecular weight is 280 g/mol.